The Hall–Kier alpha value is -1.09. The van der Waals surface area contributed by atoms with Crippen LogP contribution < -0.4 is 10.6 Å². The number of carbonyl (C=O) groups is 1. The summed E-state index contributed by atoms with van der Waals surface area (Å²) in [7, 11) is 0. The van der Waals surface area contributed by atoms with Crippen molar-refractivity contribution in [1.29, 1.82) is 0 Å². The summed E-state index contributed by atoms with van der Waals surface area (Å²) in [6.45, 7) is 3.73. The summed E-state index contributed by atoms with van der Waals surface area (Å²) in [5.74, 6) is -0.0169. The summed E-state index contributed by atoms with van der Waals surface area (Å²) >= 11 is 0. The van der Waals surface area contributed by atoms with Crippen molar-refractivity contribution >= 4 is 5.91 Å². The molecule has 1 amide bonds. The fourth-order valence-corrected chi connectivity index (χ4v) is 1.47. The van der Waals surface area contributed by atoms with Crippen LogP contribution in [-0.2, 0) is 4.79 Å². The van der Waals surface area contributed by atoms with Gasteiger partial charge in [0, 0.05) is 18.7 Å². The monoisotopic (exact) mass is 194 g/mol. The van der Waals surface area contributed by atoms with Crippen LogP contribution in [0.5, 0.6) is 0 Å². The molecule has 1 heterocycles. The fraction of sp³-hybridized carbons (Fsp3) is 0.545. The highest BCUT2D eigenvalue weighted by Crippen LogP contribution is 2.02. The van der Waals surface area contributed by atoms with E-state index in [2.05, 4.69) is 10.6 Å². The topological polar surface area (TPSA) is 41.1 Å². The molecule has 1 aliphatic heterocycles. The van der Waals surface area contributed by atoms with Gasteiger partial charge in [-0.05, 0) is 26.3 Å². The SMILES string of the molecule is CC=CC=CC(=O)NCC1CCCN1. The molecule has 1 rings (SSSR count). The molecule has 78 valence electrons. The Balaban J connectivity index is 2.13. The third-order valence-electron chi connectivity index (χ3n) is 2.24. The highest BCUT2D eigenvalue weighted by Gasteiger charge is 2.13. The van der Waals surface area contributed by atoms with E-state index in [1.165, 1.54) is 12.8 Å². The van der Waals surface area contributed by atoms with Gasteiger partial charge in [0.1, 0.15) is 0 Å². The van der Waals surface area contributed by atoms with Crippen LogP contribution in [0.4, 0.5) is 0 Å². The van der Waals surface area contributed by atoms with Gasteiger partial charge in [-0.15, -0.1) is 0 Å². The molecule has 14 heavy (non-hydrogen) atoms. The lowest BCUT2D eigenvalue weighted by Gasteiger charge is -2.09. The highest BCUT2D eigenvalue weighted by atomic mass is 16.1. The van der Waals surface area contributed by atoms with Crippen molar-refractivity contribution in [3.8, 4) is 0 Å². The molecule has 0 bridgehead atoms. The molecule has 0 aliphatic carbocycles. The Labute approximate surface area is 85.3 Å². The molecular formula is C11H18N2O. The highest BCUT2D eigenvalue weighted by molar-refractivity contribution is 5.87. The maximum absolute atomic E-state index is 11.2. The summed E-state index contributed by atoms with van der Waals surface area (Å²) in [6, 6.07) is 0.467. The summed E-state index contributed by atoms with van der Waals surface area (Å²) < 4.78 is 0. The molecule has 3 nitrogen and oxygen atoms in total. The van der Waals surface area contributed by atoms with E-state index in [4.69, 9.17) is 0 Å². The summed E-state index contributed by atoms with van der Waals surface area (Å²) in [6.07, 6.45) is 9.41. The summed E-state index contributed by atoms with van der Waals surface area (Å²) in [5, 5.41) is 6.19. The molecule has 1 aliphatic rings. The Kier molecular flexibility index (Phi) is 5.00. The first-order valence-electron chi connectivity index (χ1n) is 5.13. The maximum Gasteiger partial charge on any atom is 0.244 e. The lowest BCUT2D eigenvalue weighted by molar-refractivity contribution is -0.116. The molecule has 1 fully saturated rings. The Morgan fingerprint density at radius 3 is 3.07 bits per heavy atom. The third kappa shape index (κ3) is 4.23. The van der Waals surface area contributed by atoms with Crippen LogP contribution in [0.3, 0.4) is 0 Å². The Morgan fingerprint density at radius 1 is 1.57 bits per heavy atom. The van der Waals surface area contributed by atoms with E-state index in [-0.39, 0.29) is 5.91 Å². The molecule has 0 radical (unpaired) electrons. The van der Waals surface area contributed by atoms with Crippen molar-refractivity contribution in [2.24, 2.45) is 0 Å². The van der Waals surface area contributed by atoms with Crippen molar-refractivity contribution < 1.29 is 4.79 Å². The van der Waals surface area contributed by atoms with Crippen molar-refractivity contribution in [3.05, 3.63) is 24.3 Å². The fourth-order valence-electron chi connectivity index (χ4n) is 1.47. The number of nitrogens with one attached hydrogen (secondary N) is 2. The molecule has 0 aromatic heterocycles. The van der Waals surface area contributed by atoms with Crippen LogP contribution in [0, 0.1) is 0 Å². The normalized spacial score (nSPS) is 22.2. The molecule has 1 unspecified atom stereocenters. The minimum atomic E-state index is -0.0169. The minimum absolute atomic E-state index is 0.0169. The molecule has 0 spiro atoms. The first-order valence-corrected chi connectivity index (χ1v) is 5.13. The van der Waals surface area contributed by atoms with Crippen LogP contribution in [0.1, 0.15) is 19.8 Å². The predicted octanol–water partition coefficient (Wildman–Crippen LogP) is 0.987. The van der Waals surface area contributed by atoms with Crippen LogP contribution in [0.25, 0.3) is 0 Å². The maximum atomic E-state index is 11.2. The van der Waals surface area contributed by atoms with Crippen LogP contribution in [-0.4, -0.2) is 25.0 Å². The number of rotatable bonds is 4. The number of hydrogen-bond acceptors (Lipinski definition) is 2. The zero-order valence-electron chi connectivity index (χ0n) is 8.62. The zero-order chi connectivity index (χ0) is 10.2. The smallest absolute Gasteiger partial charge is 0.244 e. The first-order chi connectivity index (χ1) is 6.83. The molecule has 2 N–H and O–H groups in total. The second kappa shape index (κ2) is 6.38. The first kappa shape index (κ1) is 11.0. The van der Waals surface area contributed by atoms with Gasteiger partial charge in [-0.2, -0.15) is 0 Å². The van der Waals surface area contributed by atoms with Crippen molar-refractivity contribution in [2.75, 3.05) is 13.1 Å². The van der Waals surface area contributed by atoms with Gasteiger partial charge in [0.2, 0.25) is 5.91 Å². The second-order valence-corrected chi connectivity index (χ2v) is 3.42. The van der Waals surface area contributed by atoms with Crippen LogP contribution in [0.2, 0.25) is 0 Å². The van der Waals surface area contributed by atoms with Crippen LogP contribution >= 0.6 is 0 Å². The van der Waals surface area contributed by atoms with E-state index in [0.29, 0.717) is 6.04 Å². The Morgan fingerprint density at radius 2 is 2.43 bits per heavy atom. The van der Waals surface area contributed by atoms with E-state index < -0.39 is 0 Å². The van der Waals surface area contributed by atoms with E-state index in [0.717, 1.165) is 13.1 Å². The standard InChI is InChI=1S/C11H18N2O/c1-2-3-4-7-11(14)13-9-10-6-5-8-12-10/h2-4,7,10,12H,5-6,8-9H2,1H3,(H,13,14). The summed E-state index contributed by atoms with van der Waals surface area (Å²) in [5.41, 5.74) is 0. The van der Waals surface area contributed by atoms with Gasteiger partial charge in [0.05, 0.1) is 0 Å². The van der Waals surface area contributed by atoms with Crippen LogP contribution in [0.15, 0.2) is 24.3 Å². The van der Waals surface area contributed by atoms with E-state index in [1.54, 1.807) is 12.2 Å². The number of hydrogen-bond donors (Lipinski definition) is 2. The second-order valence-electron chi connectivity index (χ2n) is 3.42. The Bertz CT molecular complexity index is 227. The van der Waals surface area contributed by atoms with E-state index >= 15 is 0 Å². The molecular weight excluding hydrogens is 176 g/mol. The molecule has 1 atom stereocenters. The third-order valence-corrected chi connectivity index (χ3v) is 2.24. The molecule has 1 saturated heterocycles. The quantitative estimate of drug-likeness (QED) is 0.517. The van der Waals surface area contributed by atoms with Gasteiger partial charge < -0.3 is 10.6 Å². The van der Waals surface area contributed by atoms with Gasteiger partial charge in [0.15, 0.2) is 0 Å². The van der Waals surface area contributed by atoms with Gasteiger partial charge in [-0.3, -0.25) is 4.79 Å². The molecule has 0 saturated carbocycles. The number of carbonyl (C=O) groups excluding carboxylic acids is 1. The largest absolute Gasteiger partial charge is 0.351 e. The minimum Gasteiger partial charge on any atom is -0.351 e. The molecule has 0 aromatic rings. The van der Waals surface area contributed by atoms with Gasteiger partial charge >= 0.3 is 0 Å². The molecule has 3 heteroatoms. The van der Waals surface area contributed by atoms with E-state index in [1.807, 2.05) is 19.1 Å². The van der Waals surface area contributed by atoms with Gasteiger partial charge in [0.25, 0.3) is 0 Å². The average Bonchev–Trinajstić information content (AvgIpc) is 2.68. The van der Waals surface area contributed by atoms with Crippen molar-refractivity contribution in [1.82, 2.24) is 10.6 Å². The summed E-state index contributed by atoms with van der Waals surface area (Å²) in [4.78, 5) is 11.2. The van der Waals surface area contributed by atoms with Gasteiger partial charge in [-0.25, -0.2) is 0 Å². The zero-order valence-corrected chi connectivity index (χ0v) is 8.62. The average molecular weight is 194 g/mol. The lowest BCUT2D eigenvalue weighted by atomic mass is 10.2. The van der Waals surface area contributed by atoms with Crippen molar-refractivity contribution in [2.45, 2.75) is 25.8 Å². The van der Waals surface area contributed by atoms with Gasteiger partial charge in [-0.1, -0.05) is 18.2 Å². The van der Waals surface area contributed by atoms with E-state index in [9.17, 15) is 4.79 Å². The number of allylic oxidation sites excluding steroid dienone is 3. The predicted molar refractivity (Wildman–Crippen MR) is 58.0 cm³/mol. The van der Waals surface area contributed by atoms with Crippen molar-refractivity contribution in [3.63, 3.8) is 0 Å². The lowest BCUT2D eigenvalue weighted by Crippen LogP contribution is -2.36. The number of amides is 1. The molecule has 0 aromatic carbocycles.